The van der Waals surface area contributed by atoms with Gasteiger partial charge in [-0.15, -0.1) is 0 Å². The van der Waals surface area contributed by atoms with E-state index in [2.05, 4.69) is 5.32 Å². The van der Waals surface area contributed by atoms with Gasteiger partial charge in [0.15, 0.2) is 0 Å². The Labute approximate surface area is 168 Å². The minimum absolute atomic E-state index is 0.0611. The van der Waals surface area contributed by atoms with Gasteiger partial charge >= 0.3 is 0 Å². The zero-order chi connectivity index (χ0) is 21.0. The third-order valence-electron chi connectivity index (χ3n) is 4.02. The van der Waals surface area contributed by atoms with Crippen LogP contribution in [0.5, 0.6) is 5.75 Å². The fourth-order valence-electron chi connectivity index (χ4n) is 2.59. The molecule has 0 bridgehead atoms. The van der Waals surface area contributed by atoms with Crippen molar-refractivity contribution in [1.29, 1.82) is 5.26 Å². The Hall–Kier alpha value is -3.57. The van der Waals surface area contributed by atoms with Crippen molar-refractivity contribution in [3.8, 4) is 11.8 Å². The lowest BCUT2D eigenvalue weighted by molar-refractivity contribution is 0.101. The second kappa shape index (κ2) is 8.63. The molecular weight excluding hydrogens is 398 g/mol. The molecule has 3 aromatic rings. The van der Waals surface area contributed by atoms with E-state index in [1.807, 2.05) is 6.07 Å². The number of carbonyl (C=O) groups is 1. The number of carbonyl (C=O) groups excluding carboxylic acids is 1. The van der Waals surface area contributed by atoms with Crippen molar-refractivity contribution in [1.82, 2.24) is 0 Å². The van der Waals surface area contributed by atoms with E-state index >= 15 is 0 Å². The first-order chi connectivity index (χ1) is 13.9. The number of nitrogens with one attached hydrogen (secondary N) is 1. The largest absolute Gasteiger partial charge is 0.497 e. The van der Waals surface area contributed by atoms with Crippen LogP contribution in [0.4, 0.5) is 14.5 Å². The van der Waals surface area contributed by atoms with E-state index in [4.69, 9.17) is 4.74 Å². The first-order valence-corrected chi connectivity index (χ1v) is 9.45. The van der Waals surface area contributed by atoms with Crippen LogP contribution in [0.1, 0.15) is 15.9 Å². The summed E-state index contributed by atoms with van der Waals surface area (Å²) < 4.78 is 45.4. The predicted molar refractivity (Wildman–Crippen MR) is 103 cm³/mol. The highest BCUT2D eigenvalue weighted by Gasteiger charge is 2.18. The average molecular weight is 412 g/mol. The minimum atomic E-state index is -1.64. The van der Waals surface area contributed by atoms with Gasteiger partial charge in [-0.05, 0) is 54.6 Å². The number of hydrogen-bond acceptors (Lipinski definition) is 4. The Bertz CT molecular complexity index is 1120. The summed E-state index contributed by atoms with van der Waals surface area (Å²) in [6, 6.07) is 15.7. The summed E-state index contributed by atoms with van der Waals surface area (Å²) in [7, 11) is -0.130. The van der Waals surface area contributed by atoms with Crippen molar-refractivity contribution in [2.75, 3.05) is 12.4 Å². The minimum Gasteiger partial charge on any atom is -0.497 e. The van der Waals surface area contributed by atoms with Crippen LogP contribution in [-0.2, 0) is 10.8 Å². The summed E-state index contributed by atoms with van der Waals surface area (Å²) in [5.41, 5.74) is -0.521. The maximum Gasteiger partial charge on any atom is 0.261 e. The molecule has 3 aromatic carbocycles. The van der Waals surface area contributed by atoms with Crippen molar-refractivity contribution in [3.63, 3.8) is 0 Å². The van der Waals surface area contributed by atoms with Crippen molar-refractivity contribution >= 4 is 22.4 Å². The van der Waals surface area contributed by atoms with Gasteiger partial charge in [-0.25, -0.2) is 13.0 Å². The van der Waals surface area contributed by atoms with Crippen LogP contribution in [0.25, 0.3) is 0 Å². The molecule has 8 heteroatoms. The molecule has 146 valence electrons. The zero-order valence-corrected chi connectivity index (χ0v) is 15.9. The molecule has 0 aromatic heterocycles. The van der Waals surface area contributed by atoms with Crippen molar-refractivity contribution < 1.29 is 22.5 Å². The van der Waals surface area contributed by atoms with Crippen LogP contribution in [0.15, 0.2) is 70.5 Å². The molecule has 0 radical (unpaired) electrons. The van der Waals surface area contributed by atoms with E-state index in [1.54, 1.807) is 24.3 Å². The van der Waals surface area contributed by atoms with Gasteiger partial charge in [-0.3, -0.25) is 4.79 Å². The Morgan fingerprint density at radius 1 is 1.07 bits per heavy atom. The van der Waals surface area contributed by atoms with Gasteiger partial charge in [-0.2, -0.15) is 5.26 Å². The number of methoxy groups -OCH3 is 1. The third-order valence-corrected chi connectivity index (χ3v) is 5.48. The molecule has 5 nitrogen and oxygen atoms in total. The molecule has 0 aliphatic carbocycles. The fourth-order valence-corrected chi connectivity index (χ4v) is 3.72. The van der Waals surface area contributed by atoms with E-state index in [0.717, 1.165) is 18.2 Å². The zero-order valence-electron chi connectivity index (χ0n) is 15.1. The number of amides is 1. The van der Waals surface area contributed by atoms with Crippen LogP contribution in [0.2, 0.25) is 0 Å². The molecular formula is C21H14F2N2O3S. The molecule has 1 atom stereocenters. The highest BCUT2D eigenvalue weighted by Crippen LogP contribution is 2.25. The Kier molecular flexibility index (Phi) is 6.00. The van der Waals surface area contributed by atoms with Crippen LogP contribution in [-0.4, -0.2) is 17.2 Å². The third kappa shape index (κ3) is 4.31. The second-order valence-corrected chi connectivity index (χ2v) is 7.27. The van der Waals surface area contributed by atoms with Crippen LogP contribution in [0, 0.1) is 23.0 Å². The summed E-state index contributed by atoms with van der Waals surface area (Å²) in [6.07, 6.45) is 0. The summed E-state index contributed by atoms with van der Waals surface area (Å²) in [6.45, 7) is 0. The van der Waals surface area contributed by atoms with Crippen molar-refractivity contribution in [2.24, 2.45) is 0 Å². The monoisotopic (exact) mass is 412 g/mol. The first kappa shape index (κ1) is 20.2. The van der Waals surface area contributed by atoms with Crippen molar-refractivity contribution in [3.05, 3.63) is 83.4 Å². The molecule has 1 N–H and O–H groups in total. The average Bonchev–Trinajstić information content (AvgIpc) is 2.73. The van der Waals surface area contributed by atoms with Gasteiger partial charge in [0.25, 0.3) is 5.91 Å². The van der Waals surface area contributed by atoms with Crippen molar-refractivity contribution in [2.45, 2.75) is 9.79 Å². The topological polar surface area (TPSA) is 79.2 Å². The van der Waals surface area contributed by atoms with Crippen LogP contribution in [0.3, 0.4) is 0 Å². The highest BCUT2D eigenvalue weighted by atomic mass is 32.2. The second-order valence-electron chi connectivity index (χ2n) is 5.82. The van der Waals surface area contributed by atoms with Gasteiger partial charge in [0.1, 0.15) is 29.0 Å². The summed E-state index contributed by atoms with van der Waals surface area (Å²) in [4.78, 5) is 12.9. The normalized spacial score (nSPS) is 11.4. The molecule has 29 heavy (non-hydrogen) atoms. The molecule has 0 saturated heterocycles. The number of nitriles is 1. The van der Waals surface area contributed by atoms with Gasteiger partial charge in [-0.1, -0.05) is 6.07 Å². The molecule has 0 saturated carbocycles. The summed E-state index contributed by atoms with van der Waals surface area (Å²) in [5, 5.41) is 11.8. The quantitative estimate of drug-likeness (QED) is 0.679. The van der Waals surface area contributed by atoms with E-state index in [9.17, 15) is 23.0 Å². The smallest absolute Gasteiger partial charge is 0.261 e. The predicted octanol–water partition coefficient (Wildman–Crippen LogP) is 4.26. The molecule has 0 unspecified atom stereocenters. The molecule has 1 amide bonds. The maximum atomic E-state index is 13.8. The number of benzene rings is 3. The molecule has 0 spiro atoms. The highest BCUT2D eigenvalue weighted by molar-refractivity contribution is 7.85. The first-order valence-electron chi connectivity index (χ1n) is 8.30. The number of nitrogens with zero attached hydrogens (tertiary/aromatic N) is 1. The number of rotatable bonds is 5. The number of ether oxygens (including phenoxy) is 1. The van der Waals surface area contributed by atoms with Gasteiger partial charge < -0.3 is 10.1 Å². The maximum absolute atomic E-state index is 13.8. The summed E-state index contributed by atoms with van der Waals surface area (Å²) >= 11 is 0. The molecule has 3 rings (SSSR count). The van der Waals surface area contributed by atoms with E-state index in [0.29, 0.717) is 10.6 Å². The Balaban J connectivity index is 1.88. The van der Waals surface area contributed by atoms with Gasteiger partial charge in [0, 0.05) is 10.6 Å². The van der Waals surface area contributed by atoms with E-state index in [1.165, 1.54) is 25.3 Å². The summed E-state index contributed by atoms with van der Waals surface area (Å²) in [5.74, 6) is -2.39. The Morgan fingerprint density at radius 2 is 1.72 bits per heavy atom. The lowest BCUT2D eigenvalue weighted by Gasteiger charge is -2.10. The van der Waals surface area contributed by atoms with E-state index in [-0.39, 0.29) is 16.1 Å². The Morgan fingerprint density at radius 3 is 2.31 bits per heavy atom. The number of anilines is 1. The SMILES string of the molecule is COc1ccc([S@](=O)c2ccc(NC(=O)c3c(F)cccc3F)cc2C#N)cc1. The van der Waals surface area contributed by atoms with Gasteiger partial charge in [0.05, 0.1) is 28.4 Å². The molecule has 0 aliphatic heterocycles. The molecule has 0 aliphatic rings. The van der Waals surface area contributed by atoms with E-state index < -0.39 is 33.9 Å². The standard InChI is InChI=1S/C21H14F2N2O3S/c1-28-15-6-8-16(9-7-15)29(27)19-10-5-14(11-13(19)12-24)25-21(26)20-17(22)3-2-4-18(20)23/h2-11H,1H3,(H,25,26)/t29-/m0/s1. The van der Waals surface area contributed by atoms with Crippen LogP contribution >= 0.6 is 0 Å². The lowest BCUT2D eigenvalue weighted by atomic mass is 10.1. The lowest BCUT2D eigenvalue weighted by Crippen LogP contribution is -2.16. The number of halogens is 2. The molecule has 0 heterocycles. The van der Waals surface area contributed by atoms with Crippen LogP contribution < -0.4 is 10.1 Å². The molecule has 0 fully saturated rings. The number of hydrogen-bond donors (Lipinski definition) is 1. The van der Waals surface area contributed by atoms with Gasteiger partial charge in [0.2, 0.25) is 0 Å². The fraction of sp³-hybridized carbons (Fsp3) is 0.0476.